The van der Waals surface area contributed by atoms with Gasteiger partial charge >= 0.3 is 5.97 Å². The number of carbonyl (C=O) groups is 3. The first-order valence-corrected chi connectivity index (χ1v) is 9.38. The van der Waals surface area contributed by atoms with Crippen LogP contribution >= 0.6 is 11.6 Å². The molecule has 3 N–H and O–H groups in total. The molecule has 154 valence electrons. The lowest BCUT2D eigenvalue weighted by Crippen LogP contribution is -2.41. The molecule has 0 fully saturated rings. The molecule has 0 aliphatic rings. The van der Waals surface area contributed by atoms with Crippen LogP contribution in [0.2, 0.25) is 5.02 Å². The van der Waals surface area contributed by atoms with E-state index < -0.39 is 23.8 Å². The minimum atomic E-state index is -1.11. The SMILES string of the molecule is COc1ccccc1C(=O)Nc1ccc(C(=O)NC(CC(C)C)C(=O)O)c(Cl)c1. The Kier molecular flexibility index (Phi) is 7.61. The Labute approximate surface area is 174 Å². The van der Waals surface area contributed by atoms with E-state index in [0.717, 1.165) is 0 Å². The first-order chi connectivity index (χ1) is 13.7. The number of anilines is 1. The minimum Gasteiger partial charge on any atom is -0.496 e. The predicted octanol–water partition coefficient (Wildman–Crippen LogP) is 3.83. The van der Waals surface area contributed by atoms with Gasteiger partial charge in [0.1, 0.15) is 11.8 Å². The Morgan fingerprint density at radius 2 is 1.76 bits per heavy atom. The summed E-state index contributed by atoms with van der Waals surface area (Å²) in [6.07, 6.45) is 0.297. The number of benzene rings is 2. The fourth-order valence-electron chi connectivity index (χ4n) is 2.74. The molecule has 2 aromatic carbocycles. The molecule has 29 heavy (non-hydrogen) atoms. The highest BCUT2D eigenvalue weighted by atomic mass is 35.5. The summed E-state index contributed by atoms with van der Waals surface area (Å²) < 4.78 is 5.17. The zero-order valence-electron chi connectivity index (χ0n) is 16.4. The van der Waals surface area contributed by atoms with Crippen LogP contribution in [0.4, 0.5) is 5.69 Å². The van der Waals surface area contributed by atoms with Crippen LogP contribution in [0.25, 0.3) is 0 Å². The van der Waals surface area contributed by atoms with E-state index in [1.165, 1.54) is 25.3 Å². The molecule has 0 saturated carbocycles. The maximum absolute atomic E-state index is 12.5. The number of para-hydroxylation sites is 1. The van der Waals surface area contributed by atoms with Gasteiger partial charge in [0, 0.05) is 5.69 Å². The number of methoxy groups -OCH3 is 1. The summed E-state index contributed by atoms with van der Waals surface area (Å²) in [6.45, 7) is 3.74. The van der Waals surface area contributed by atoms with Crippen LogP contribution < -0.4 is 15.4 Å². The largest absolute Gasteiger partial charge is 0.496 e. The van der Waals surface area contributed by atoms with Gasteiger partial charge in [-0.25, -0.2) is 4.79 Å². The topological polar surface area (TPSA) is 105 Å². The van der Waals surface area contributed by atoms with Crippen LogP contribution in [0.1, 0.15) is 41.0 Å². The van der Waals surface area contributed by atoms with Crippen molar-refractivity contribution in [3.05, 3.63) is 58.6 Å². The molecule has 2 amide bonds. The monoisotopic (exact) mass is 418 g/mol. The number of carboxylic acid groups (broad SMARTS) is 1. The standard InChI is InChI=1S/C21H23ClN2O5/c1-12(2)10-17(21(27)28)24-19(25)14-9-8-13(11-16(14)22)23-20(26)15-6-4-5-7-18(15)29-3/h4-9,11-12,17H,10H2,1-3H3,(H,23,26)(H,24,25)(H,27,28). The number of nitrogens with one attached hydrogen (secondary N) is 2. The first-order valence-electron chi connectivity index (χ1n) is 9.00. The number of carbonyl (C=O) groups excluding carboxylic acids is 2. The Hall–Kier alpha value is -3.06. The normalized spacial score (nSPS) is 11.6. The number of amides is 2. The highest BCUT2D eigenvalue weighted by Crippen LogP contribution is 2.24. The third kappa shape index (κ3) is 5.96. The molecular weight excluding hydrogens is 396 g/mol. The van der Waals surface area contributed by atoms with Crippen LogP contribution in [0.3, 0.4) is 0 Å². The van der Waals surface area contributed by atoms with Crippen molar-refractivity contribution in [1.29, 1.82) is 0 Å². The van der Waals surface area contributed by atoms with Crippen LogP contribution in [0, 0.1) is 5.92 Å². The molecule has 0 aliphatic carbocycles. The Morgan fingerprint density at radius 1 is 1.07 bits per heavy atom. The molecule has 0 bridgehead atoms. The molecule has 0 aliphatic heterocycles. The van der Waals surface area contributed by atoms with Gasteiger partial charge in [0.2, 0.25) is 0 Å². The predicted molar refractivity (Wildman–Crippen MR) is 111 cm³/mol. The molecule has 0 heterocycles. The number of hydrogen-bond acceptors (Lipinski definition) is 4. The smallest absolute Gasteiger partial charge is 0.326 e. The van der Waals surface area contributed by atoms with E-state index in [0.29, 0.717) is 23.4 Å². The average molecular weight is 419 g/mol. The molecule has 0 saturated heterocycles. The Bertz CT molecular complexity index is 914. The van der Waals surface area contributed by atoms with Crippen molar-refractivity contribution < 1.29 is 24.2 Å². The maximum Gasteiger partial charge on any atom is 0.326 e. The van der Waals surface area contributed by atoms with Crippen LogP contribution in [0.5, 0.6) is 5.75 Å². The van der Waals surface area contributed by atoms with Crippen LogP contribution in [-0.4, -0.2) is 36.0 Å². The Morgan fingerprint density at radius 3 is 2.34 bits per heavy atom. The van der Waals surface area contributed by atoms with Crippen molar-refractivity contribution in [3.8, 4) is 5.75 Å². The summed E-state index contributed by atoms with van der Waals surface area (Å²) in [5, 5.41) is 14.5. The van der Waals surface area contributed by atoms with E-state index in [2.05, 4.69) is 10.6 Å². The number of halogens is 1. The quantitative estimate of drug-likeness (QED) is 0.604. The highest BCUT2D eigenvalue weighted by Gasteiger charge is 2.23. The van der Waals surface area contributed by atoms with Crippen molar-refractivity contribution >= 4 is 35.1 Å². The molecule has 2 rings (SSSR count). The minimum absolute atomic E-state index is 0.0917. The molecule has 0 aromatic heterocycles. The van der Waals surface area contributed by atoms with Crippen molar-refractivity contribution in [3.63, 3.8) is 0 Å². The number of ether oxygens (including phenoxy) is 1. The van der Waals surface area contributed by atoms with Gasteiger partial charge in [0.05, 0.1) is 23.3 Å². The van der Waals surface area contributed by atoms with E-state index in [1.807, 2.05) is 13.8 Å². The summed E-state index contributed by atoms with van der Waals surface area (Å²) in [5.74, 6) is -1.57. The summed E-state index contributed by atoms with van der Waals surface area (Å²) in [5.41, 5.74) is 0.863. The summed E-state index contributed by atoms with van der Waals surface area (Å²) in [4.78, 5) is 36.2. The second-order valence-electron chi connectivity index (χ2n) is 6.84. The fourth-order valence-corrected chi connectivity index (χ4v) is 3.00. The summed E-state index contributed by atoms with van der Waals surface area (Å²) >= 11 is 6.20. The number of aliphatic carboxylic acids is 1. The summed E-state index contributed by atoms with van der Waals surface area (Å²) in [6, 6.07) is 10.1. The van der Waals surface area contributed by atoms with Gasteiger partial charge in [-0.2, -0.15) is 0 Å². The van der Waals surface area contributed by atoms with Crippen molar-refractivity contribution in [2.75, 3.05) is 12.4 Å². The maximum atomic E-state index is 12.5. The second-order valence-corrected chi connectivity index (χ2v) is 7.25. The van der Waals surface area contributed by atoms with Gasteiger partial charge in [-0.3, -0.25) is 9.59 Å². The van der Waals surface area contributed by atoms with Crippen LogP contribution in [0.15, 0.2) is 42.5 Å². The van der Waals surface area contributed by atoms with Gasteiger partial charge < -0.3 is 20.5 Å². The molecule has 1 atom stereocenters. The van der Waals surface area contributed by atoms with Gasteiger partial charge in [0.15, 0.2) is 0 Å². The third-order valence-corrected chi connectivity index (χ3v) is 4.45. The number of rotatable bonds is 8. The molecule has 0 radical (unpaired) electrons. The molecule has 2 aromatic rings. The van der Waals surface area contributed by atoms with E-state index in [9.17, 15) is 19.5 Å². The van der Waals surface area contributed by atoms with Gasteiger partial charge in [-0.15, -0.1) is 0 Å². The molecule has 1 unspecified atom stereocenters. The second kappa shape index (κ2) is 9.93. The highest BCUT2D eigenvalue weighted by molar-refractivity contribution is 6.34. The zero-order valence-corrected chi connectivity index (χ0v) is 17.1. The number of carboxylic acids is 1. The fraction of sp³-hybridized carbons (Fsp3) is 0.286. The van der Waals surface area contributed by atoms with E-state index >= 15 is 0 Å². The molecule has 7 nitrogen and oxygen atoms in total. The lowest BCUT2D eigenvalue weighted by molar-refractivity contribution is -0.139. The first kappa shape index (κ1) is 22.2. The summed E-state index contributed by atoms with van der Waals surface area (Å²) in [7, 11) is 1.47. The van der Waals surface area contributed by atoms with Gasteiger partial charge in [0.25, 0.3) is 11.8 Å². The van der Waals surface area contributed by atoms with Crippen molar-refractivity contribution in [2.24, 2.45) is 5.92 Å². The Balaban J connectivity index is 2.14. The van der Waals surface area contributed by atoms with Gasteiger partial charge in [-0.05, 0) is 42.7 Å². The van der Waals surface area contributed by atoms with Crippen LogP contribution in [-0.2, 0) is 4.79 Å². The van der Waals surface area contributed by atoms with Crippen molar-refractivity contribution in [1.82, 2.24) is 5.32 Å². The molecule has 0 spiro atoms. The van der Waals surface area contributed by atoms with Gasteiger partial charge in [-0.1, -0.05) is 37.6 Å². The molecular formula is C21H23ClN2O5. The van der Waals surface area contributed by atoms with E-state index in [1.54, 1.807) is 24.3 Å². The van der Waals surface area contributed by atoms with Crippen molar-refractivity contribution in [2.45, 2.75) is 26.3 Å². The average Bonchev–Trinajstić information content (AvgIpc) is 2.66. The molecule has 8 heteroatoms. The lowest BCUT2D eigenvalue weighted by Gasteiger charge is -2.17. The third-order valence-electron chi connectivity index (χ3n) is 4.13. The number of hydrogen-bond donors (Lipinski definition) is 3. The zero-order chi connectivity index (χ0) is 21.6. The van der Waals surface area contributed by atoms with E-state index in [4.69, 9.17) is 16.3 Å². The van der Waals surface area contributed by atoms with E-state index in [-0.39, 0.29) is 16.5 Å². The lowest BCUT2D eigenvalue weighted by atomic mass is 10.0.